The molecule has 0 heterocycles. The molecular formula is C15H14ClF2NO2. The van der Waals surface area contributed by atoms with E-state index < -0.39 is 12.7 Å². The van der Waals surface area contributed by atoms with Gasteiger partial charge in [0.1, 0.15) is 5.75 Å². The van der Waals surface area contributed by atoms with Gasteiger partial charge in [0.05, 0.1) is 11.8 Å². The van der Waals surface area contributed by atoms with Crippen molar-refractivity contribution in [3.8, 4) is 5.75 Å². The number of hydrogen-bond acceptors (Lipinski definition) is 3. The fourth-order valence-electron chi connectivity index (χ4n) is 1.82. The maximum Gasteiger partial charge on any atom is 0.387 e. The molecule has 0 amide bonds. The highest BCUT2D eigenvalue weighted by molar-refractivity contribution is 6.30. The summed E-state index contributed by atoms with van der Waals surface area (Å²) in [6.07, 6.45) is -0.790. The Kier molecular flexibility index (Phi) is 5.36. The van der Waals surface area contributed by atoms with Crippen LogP contribution in [0.2, 0.25) is 5.02 Å². The Hall–Kier alpha value is -1.85. The first kappa shape index (κ1) is 15.5. The van der Waals surface area contributed by atoms with Gasteiger partial charge in [-0.2, -0.15) is 8.78 Å². The highest BCUT2D eigenvalue weighted by Crippen LogP contribution is 2.26. The number of hydrogen-bond donors (Lipinski definition) is 2. The second kappa shape index (κ2) is 7.24. The zero-order valence-corrected chi connectivity index (χ0v) is 11.7. The summed E-state index contributed by atoms with van der Waals surface area (Å²) >= 11 is 5.77. The third kappa shape index (κ3) is 4.58. The van der Waals surface area contributed by atoms with Crippen LogP contribution in [0.15, 0.2) is 48.5 Å². The van der Waals surface area contributed by atoms with Crippen LogP contribution in [-0.4, -0.2) is 18.3 Å². The lowest BCUT2D eigenvalue weighted by molar-refractivity contribution is -0.0493. The molecule has 2 rings (SSSR count). The lowest BCUT2D eigenvalue weighted by Gasteiger charge is -2.16. The molecule has 0 aromatic heterocycles. The number of para-hydroxylation sites is 2. The average Bonchev–Trinajstić information content (AvgIpc) is 2.46. The summed E-state index contributed by atoms with van der Waals surface area (Å²) in [5.74, 6) is 0.0378. The highest BCUT2D eigenvalue weighted by atomic mass is 35.5. The SMILES string of the molecule is OC(CNc1ccccc1OC(F)F)c1ccc(Cl)cc1. The number of anilines is 1. The van der Waals surface area contributed by atoms with E-state index in [1.54, 1.807) is 42.5 Å². The Labute approximate surface area is 126 Å². The van der Waals surface area contributed by atoms with E-state index >= 15 is 0 Å². The van der Waals surface area contributed by atoms with E-state index in [1.807, 2.05) is 0 Å². The summed E-state index contributed by atoms with van der Waals surface area (Å²) in [4.78, 5) is 0. The van der Waals surface area contributed by atoms with Crippen LogP contribution in [0.3, 0.4) is 0 Å². The molecule has 0 aliphatic rings. The van der Waals surface area contributed by atoms with Gasteiger partial charge in [-0.3, -0.25) is 0 Å². The predicted octanol–water partition coefficient (Wildman–Crippen LogP) is 4.09. The van der Waals surface area contributed by atoms with Gasteiger partial charge in [0.25, 0.3) is 0 Å². The molecule has 0 fully saturated rings. The summed E-state index contributed by atoms with van der Waals surface area (Å²) in [6.45, 7) is -2.74. The summed E-state index contributed by atoms with van der Waals surface area (Å²) in [5.41, 5.74) is 1.07. The quantitative estimate of drug-likeness (QED) is 0.844. The van der Waals surface area contributed by atoms with Crippen molar-refractivity contribution >= 4 is 17.3 Å². The fraction of sp³-hybridized carbons (Fsp3) is 0.200. The van der Waals surface area contributed by atoms with Crippen LogP contribution in [0.5, 0.6) is 5.75 Å². The number of aliphatic hydroxyl groups excluding tert-OH is 1. The molecule has 1 unspecified atom stereocenters. The fourth-order valence-corrected chi connectivity index (χ4v) is 1.95. The molecule has 21 heavy (non-hydrogen) atoms. The molecule has 1 atom stereocenters. The van der Waals surface area contributed by atoms with Gasteiger partial charge in [-0.05, 0) is 29.8 Å². The van der Waals surface area contributed by atoms with Gasteiger partial charge in [-0.15, -0.1) is 0 Å². The van der Waals surface area contributed by atoms with Crippen molar-refractivity contribution in [2.24, 2.45) is 0 Å². The van der Waals surface area contributed by atoms with E-state index in [4.69, 9.17) is 11.6 Å². The molecule has 0 saturated carbocycles. The van der Waals surface area contributed by atoms with Gasteiger partial charge in [-0.1, -0.05) is 35.9 Å². The minimum Gasteiger partial charge on any atom is -0.433 e. The third-order valence-corrected chi connectivity index (χ3v) is 3.10. The van der Waals surface area contributed by atoms with Crippen LogP contribution in [0.25, 0.3) is 0 Å². The Morgan fingerprint density at radius 3 is 2.43 bits per heavy atom. The largest absolute Gasteiger partial charge is 0.433 e. The monoisotopic (exact) mass is 313 g/mol. The lowest BCUT2D eigenvalue weighted by atomic mass is 10.1. The van der Waals surface area contributed by atoms with Crippen molar-refractivity contribution in [3.63, 3.8) is 0 Å². The van der Waals surface area contributed by atoms with Crippen LogP contribution in [0.1, 0.15) is 11.7 Å². The molecule has 0 saturated heterocycles. The van der Waals surface area contributed by atoms with Crippen LogP contribution in [-0.2, 0) is 0 Å². The standard InChI is InChI=1S/C15H14ClF2NO2/c16-11-7-5-10(6-8-11)13(20)9-19-12-3-1-2-4-14(12)21-15(17)18/h1-8,13,15,19-20H,9H2. The van der Waals surface area contributed by atoms with Crippen molar-refractivity contribution in [2.45, 2.75) is 12.7 Å². The highest BCUT2D eigenvalue weighted by Gasteiger charge is 2.11. The first-order valence-electron chi connectivity index (χ1n) is 6.27. The zero-order chi connectivity index (χ0) is 15.2. The molecular weight excluding hydrogens is 300 g/mol. The normalized spacial score (nSPS) is 12.2. The minimum absolute atomic E-state index is 0.0378. The molecule has 2 aromatic rings. The van der Waals surface area contributed by atoms with Crippen molar-refractivity contribution in [1.29, 1.82) is 0 Å². The van der Waals surface area contributed by atoms with Gasteiger partial charge in [0.15, 0.2) is 0 Å². The molecule has 0 aliphatic carbocycles. The molecule has 0 radical (unpaired) electrons. The maximum absolute atomic E-state index is 12.3. The number of rotatable bonds is 6. The molecule has 0 spiro atoms. The van der Waals surface area contributed by atoms with Gasteiger partial charge < -0.3 is 15.2 Å². The van der Waals surface area contributed by atoms with E-state index in [0.29, 0.717) is 16.3 Å². The molecule has 3 nitrogen and oxygen atoms in total. The number of nitrogens with one attached hydrogen (secondary N) is 1. The van der Waals surface area contributed by atoms with Gasteiger partial charge >= 0.3 is 6.61 Å². The Bertz CT molecular complexity index is 578. The topological polar surface area (TPSA) is 41.5 Å². The zero-order valence-electron chi connectivity index (χ0n) is 11.0. The van der Waals surface area contributed by atoms with Crippen molar-refractivity contribution in [2.75, 3.05) is 11.9 Å². The van der Waals surface area contributed by atoms with Crippen molar-refractivity contribution < 1.29 is 18.6 Å². The molecule has 0 bridgehead atoms. The number of aliphatic hydroxyl groups is 1. The van der Waals surface area contributed by atoms with E-state index in [1.165, 1.54) is 6.07 Å². The number of benzene rings is 2. The first-order chi connectivity index (χ1) is 10.1. The van der Waals surface area contributed by atoms with Gasteiger partial charge in [0, 0.05) is 11.6 Å². The third-order valence-electron chi connectivity index (χ3n) is 2.84. The average molecular weight is 314 g/mol. The smallest absolute Gasteiger partial charge is 0.387 e. The Morgan fingerprint density at radius 1 is 1.10 bits per heavy atom. The summed E-state index contributed by atoms with van der Waals surface area (Å²) in [7, 11) is 0. The molecule has 0 aliphatic heterocycles. The Morgan fingerprint density at radius 2 is 1.76 bits per heavy atom. The van der Waals surface area contributed by atoms with E-state index in [2.05, 4.69) is 10.1 Å². The molecule has 2 N–H and O–H groups in total. The predicted molar refractivity (Wildman–Crippen MR) is 78.0 cm³/mol. The number of halogens is 3. The van der Waals surface area contributed by atoms with E-state index in [0.717, 1.165) is 0 Å². The summed E-state index contributed by atoms with van der Waals surface area (Å²) < 4.78 is 29.0. The molecule has 2 aromatic carbocycles. The van der Waals surface area contributed by atoms with Crippen molar-refractivity contribution in [3.05, 3.63) is 59.1 Å². The van der Waals surface area contributed by atoms with E-state index in [9.17, 15) is 13.9 Å². The van der Waals surface area contributed by atoms with Gasteiger partial charge in [-0.25, -0.2) is 0 Å². The van der Waals surface area contributed by atoms with E-state index in [-0.39, 0.29) is 12.3 Å². The minimum atomic E-state index is -2.89. The second-order valence-electron chi connectivity index (χ2n) is 4.32. The van der Waals surface area contributed by atoms with Crippen LogP contribution in [0, 0.1) is 0 Å². The van der Waals surface area contributed by atoms with Gasteiger partial charge in [0.2, 0.25) is 0 Å². The number of ether oxygens (including phenoxy) is 1. The lowest BCUT2D eigenvalue weighted by Crippen LogP contribution is -2.13. The van der Waals surface area contributed by atoms with Crippen LogP contribution < -0.4 is 10.1 Å². The molecule has 6 heteroatoms. The maximum atomic E-state index is 12.3. The van der Waals surface area contributed by atoms with Crippen LogP contribution >= 0.6 is 11.6 Å². The first-order valence-corrected chi connectivity index (χ1v) is 6.65. The number of alkyl halides is 2. The summed E-state index contributed by atoms with van der Waals surface area (Å²) in [6, 6.07) is 13.1. The van der Waals surface area contributed by atoms with Crippen molar-refractivity contribution in [1.82, 2.24) is 0 Å². The summed E-state index contributed by atoms with van der Waals surface area (Å²) in [5, 5.41) is 13.5. The second-order valence-corrected chi connectivity index (χ2v) is 4.76. The van der Waals surface area contributed by atoms with Crippen LogP contribution in [0.4, 0.5) is 14.5 Å². The molecule has 112 valence electrons. The Balaban J connectivity index is 2.01.